The van der Waals surface area contributed by atoms with Crippen LogP contribution in [-0.2, 0) is 9.53 Å². The molecule has 76 valence electrons. The molecule has 0 radical (unpaired) electrons. The zero-order chi connectivity index (χ0) is 11.0. The van der Waals surface area contributed by atoms with Gasteiger partial charge in [-0.1, -0.05) is 12.1 Å². The minimum atomic E-state index is -0.685. The van der Waals surface area contributed by atoms with E-state index in [0.717, 1.165) is 0 Å². The molecule has 0 aromatic rings. The Balaban J connectivity index is 4.35. The van der Waals surface area contributed by atoms with Gasteiger partial charge in [0, 0.05) is 0 Å². The van der Waals surface area contributed by atoms with Gasteiger partial charge in [0.05, 0.1) is 0 Å². The Morgan fingerprint density at radius 2 is 2.21 bits per heavy atom. The lowest BCUT2D eigenvalue weighted by molar-refractivity contribution is -0.138. The maximum Gasteiger partial charge on any atom is 0.348 e. The zero-order valence-electron chi connectivity index (χ0n) is 8.24. The average Bonchev–Trinajstić information content (AvgIpc) is 2.19. The second-order valence-corrected chi connectivity index (χ2v) is 2.61. The van der Waals surface area contributed by atoms with Gasteiger partial charge < -0.3 is 4.74 Å². The topological polar surface area (TPSA) is 79.5 Å². The van der Waals surface area contributed by atoms with Gasteiger partial charge in [0.15, 0.2) is 0 Å². The van der Waals surface area contributed by atoms with Crippen LogP contribution < -0.4 is 0 Å². The van der Waals surface area contributed by atoms with E-state index < -0.39 is 5.97 Å². The van der Waals surface area contributed by atoms with Crippen LogP contribution in [0.25, 0.3) is 0 Å². The van der Waals surface area contributed by atoms with E-state index in [0.29, 0.717) is 12.0 Å². The minimum Gasteiger partial charge on any atom is -0.459 e. The summed E-state index contributed by atoms with van der Waals surface area (Å²) in [6.45, 7) is 3.37. The molecule has 0 unspecified atom stereocenters. The quantitative estimate of drug-likeness (QED) is 0.219. The molecule has 0 aliphatic heterocycles. The zero-order valence-corrected chi connectivity index (χ0v) is 8.24. The van der Waals surface area contributed by atoms with Crippen molar-refractivity contribution < 1.29 is 9.53 Å². The molecule has 0 heterocycles. The van der Waals surface area contributed by atoms with Crippen molar-refractivity contribution in [2.75, 3.05) is 13.2 Å². The van der Waals surface area contributed by atoms with Crippen LogP contribution in [0.15, 0.2) is 16.3 Å². The van der Waals surface area contributed by atoms with E-state index in [9.17, 15) is 9.70 Å². The molecule has 0 spiro atoms. The largest absolute Gasteiger partial charge is 0.459 e. The number of carbonyl (C=O) groups excluding carboxylic acids is 1. The van der Waals surface area contributed by atoms with Crippen LogP contribution in [0.4, 0.5) is 0 Å². The normalized spacial score (nSPS) is 11.2. The Morgan fingerprint density at radius 1 is 1.57 bits per heavy atom. The molecular weight excluding hydrogens is 184 g/mol. The predicted molar refractivity (Wildman–Crippen MR) is 50.2 cm³/mol. The smallest absolute Gasteiger partial charge is 0.348 e. The first-order chi connectivity index (χ1) is 6.67. The van der Waals surface area contributed by atoms with Crippen LogP contribution in [0.2, 0.25) is 0 Å². The summed E-state index contributed by atoms with van der Waals surface area (Å²) in [5.74, 6) is -0.685. The highest BCUT2D eigenvalue weighted by molar-refractivity contribution is 5.93. The number of hydrogen-bond acceptors (Lipinski definition) is 5. The molecule has 0 amide bonds. The molecule has 0 saturated carbocycles. The molecule has 0 fully saturated rings. The van der Waals surface area contributed by atoms with Crippen molar-refractivity contribution in [3.8, 4) is 6.07 Å². The van der Waals surface area contributed by atoms with Gasteiger partial charge in [-0.3, -0.25) is 0 Å². The molecule has 0 aromatic carbocycles. The van der Waals surface area contributed by atoms with E-state index in [1.165, 1.54) is 0 Å². The monoisotopic (exact) mass is 196 g/mol. The molecule has 0 atom stereocenters. The van der Waals surface area contributed by atoms with Crippen LogP contribution in [-0.4, -0.2) is 19.1 Å². The summed E-state index contributed by atoms with van der Waals surface area (Å²) in [7, 11) is 0. The molecule has 5 heteroatoms. The van der Waals surface area contributed by atoms with Gasteiger partial charge in [0.1, 0.15) is 24.8 Å². The Hall–Kier alpha value is -1.70. The molecule has 5 nitrogen and oxygen atoms in total. The van der Waals surface area contributed by atoms with Crippen LogP contribution in [0.1, 0.15) is 20.3 Å². The van der Waals surface area contributed by atoms with Crippen LogP contribution in [0.3, 0.4) is 0 Å². The summed E-state index contributed by atoms with van der Waals surface area (Å²) >= 11 is 0. The Morgan fingerprint density at radius 3 is 2.64 bits per heavy atom. The van der Waals surface area contributed by atoms with Gasteiger partial charge in [-0.25, -0.2) is 4.79 Å². The molecule has 0 aromatic heterocycles. The van der Waals surface area contributed by atoms with Gasteiger partial charge in [0.2, 0.25) is 0 Å². The summed E-state index contributed by atoms with van der Waals surface area (Å²) in [5.41, 5.74) is 0.690. The fourth-order valence-electron chi connectivity index (χ4n) is 0.740. The first-order valence-corrected chi connectivity index (χ1v) is 4.23. The average molecular weight is 196 g/mol. The molecule has 0 bridgehead atoms. The van der Waals surface area contributed by atoms with Crippen LogP contribution in [0, 0.1) is 16.2 Å². The molecule has 0 N–H and O–H groups in total. The third kappa shape index (κ3) is 3.81. The molecule has 0 aliphatic carbocycles. The standard InChI is InChI=1S/C9H12N2O3/c1-3-7(2)8(6-10)9(12)14-5-4-11-13/h3-5H2,1-2H3/b8-7-. The summed E-state index contributed by atoms with van der Waals surface area (Å²) in [4.78, 5) is 20.9. The van der Waals surface area contributed by atoms with E-state index in [1.807, 2.05) is 6.92 Å². The number of nitrogens with zero attached hydrogens (tertiary/aromatic N) is 2. The maximum absolute atomic E-state index is 11.2. The van der Waals surface area contributed by atoms with Crippen LogP contribution >= 0.6 is 0 Å². The molecular formula is C9H12N2O3. The number of allylic oxidation sites excluding steroid dienone is 1. The van der Waals surface area contributed by atoms with Crippen molar-refractivity contribution in [2.45, 2.75) is 20.3 Å². The van der Waals surface area contributed by atoms with Gasteiger partial charge in [0.25, 0.3) is 0 Å². The van der Waals surface area contributed by atoms with Gasteiger partial charge in [-0.05, 0) is 18.9 Å². The molecule has 0 rings (SSSR count). The number of rotatable bonds is 5. The first kappa shape index (κ1) is 12.3. The second kappa shape index (κ2) is 6.78. The van der Waals surface area contributed by atoms with Crippen molar-refractivity contribution >= 4 is 5.97 Å². The highest BCUT2D eigenvalue weighted by Gasteiger charge is 2.12. The summed E-state index contributed by atoms with van der Waals surface area (Å²) in [5, 5.41) is 11.2. The van der Waals surface area contributed by atoms with Crippen molar-refractivity contribution in [2.24, 2.45) is 5.18 Å². The van der Waals surface area contributed by atoms with E-state index in [-0.39, 0.29) is 18.7 Å². The van der Waals surface area contributed by atoms with E-state index in [1.54, 1.807) is 13.0 Å². The Kier molecular flexibility index (Phi) is 5.95. The number of nitroso groups, excluding NO2 is 1. The van der Waals surface area contributed by atoms with Crippen molar-refractivity contribution in [1.82, 2.24) is 0 Å². The molecule has 14 heavy (non-hydrogen) atoms. The summed E-state index contributed by atoms with van der Waals surface area (Å²) in [6, 6.07) is 1.78. The van der Waals surface area contributed by atoms with Crippen molar-refractivity contribution in [1.29, 1.82) is 5.26 Å². The fraction of sp³-hybridized carbons (Fsp3) is 0.556. The number of carbonyl (C=O) groups is 1. The highest BCUT2D eigenvalue weighted by Crippen LogP contribution is 2.08. The number of ether oxygens (including phenoxy) is 1. The summed E-state index contributed by atoms with van der Waals surface area (Å²) < 4.78 is 4.65. The fourth-order valence-corrected chi connectivity index (χ4v) is 0.740. The van der Waals surface area contributed by atoms with E-state index in [4.69, 9.17) is 5.26 Å². The Bertz CT molecular complexity index is 289. The van der Waals surface area contributed by atoms with E-state index in [2.05, 4.69) is 9.91 Å². The van der Waals surface area contributed by atoms with Gasteiger partial charge >= 0.3 is 5.97 Å². The SMILES string of the molecule is CC/C(C)=C(/C#N)C(=O)OCCN=O. The highest BCUT2D eigenvalue weighted by atomic mass is 16.5. The summed E-state index contributed by atoms with van der Waals surface area (Å²) in [6.07, 6.45) is 0.615. The maximum atomic E-state index is 11.2. The minimum absolute atomic E-state index is 0.0124. The lowest BCUT2D eigenvalue weighted by atomic mass is 10.1. The van der Waals surface area contributed by atoms with Crippen LogP contribution in [0.5, 0.6) is 0 Å². The third-order valence-corrected chi connectivity index (χ3v) is 1.69. The number of nitriles is 1. The third-order valence-electron chi connectivity index (χ3n) is 1.69. The molecule has 0 aliphatic rings. The molecule has 0 saturated heterocycles. The number of esters is 1. The predicted octanol–water partition coefficient (Wildman–Crippen LogP) is 1.55. The van der Waals surface area contributed by atoms with Gasteiger partial charge in [-0.2, -0.15) is 10.2 Å². The number of hydrogen-bond donors (Lipinski definition) is 0. The van der Waals surface area contributed by atoms with Gasteiger partial charge in [-0.15, -0.1) is 0 Å². The lowest BCUT2D eigenvalue weighted by Gasteiger charge is -2.02. The van der Waals surface area contributed by atoms with E-state index >= 15 is 0 Å². The first-order valence-electron chi connectivity index (χ1n) is 4.23. The lowest BCUT2D eigenvalue weighted by Crippen LogP contribution is -2.10. The second-order valence-electron chi connectivity index (χ2n) is 2.61. The van der Waals surface area contributed by atoms with Crippen molar-refractivity contribution in [3.05, 3.63) is 16.1 Å². The van der Waals surface area contributed by atoms with Crippen molar-refractivity contribution in [3.63, 3.8) is 0 Å². The Labute approximate surface area is 82.3 Å².